The summed E-state index contributed by atoms with van der Waals surface area (Å²) >= 11 is 0. The van der Waals surface area contributed by atoms with Gasteiger partial charge in [0.25, 0.3) is 5.97 Å². The second-order valence-electron chi connectivity index (χ2n) is 2.71. The maximum absolute atomic E-state index is 10.9. The van der Waals surface area contributed by atoms with E-state index in [4.69, 9.17) is 4.65 Å². The van der Waals surface area contributed by atoms with Crippen molar-refractivity contribution >= 4 is 13.5 Å². The number of hydrogen-bond acceptors (Lipinski definition) is 2. The molecule has 10 heavy (non-hydrogen) atoms. The molecule has 0 spiro atoms. The molecule has 0 bridgehead atoms. The Morgan fingerprint density at radius 2 is 1.90 bits per heavy atom. The molecule has 0 aromatic rings. The zero-order valence-electron chi connectivity index (χ0n) is 7.05. The summed E-state index contributed by atoms with van der Waals surface area (Å²) in [5.41, 5.74) is 0. The average molecular weight is 141 g/mol. The highest BCUT2D eigenvalue weighted by Gasteiger charge is 2.16. The number of hydrogen-bond donors (Lipinski definition) is 0. The lowest BCUT2D eigenvalue weighted by Gasteiger charge is -2.13. The molecule has 0 aliphatic carbocycles. The van der Waals surface area contributed by atoms with Gasteiger partial charge in [-0.2, -0.15) is 0 Å². The highest BCUT2D eigenvalue weighted by atomic mass is 16.5. The summed E-state index contributed by atoms with van der Waals surface area (Å²) in [7, 11) is 1.42. The molecule has 0 heterocycles. The van der Waals surface area contributed by atoms with Gasteiger partial charge in [0.05, 0.1) is 5.92 Å². The van der Waals surface area contributed by atoms with Gasteiger partial charge in [-0.1, -0.05) is 27.6 Å². The zero-order chi connectivity index (χ0) is 8.15. The van der Waals surface area contributed by atoms with Crippen molar-refractivity contribution in [2.24, 2.45) is 11.8 Å². The quantitative estimate of drug-likeness (QED) is 0.556. The summed E-state index contributed by atoms with van der Waals surface area (Å²) < 4.78 is 4.70. The molecule has 0 fully saturated rings. The van der Waals surface area contributed by atoms with Gasteiger partial charge in [-0.3, -0.25) is 4.79 Å². The smallest absolute Gasteiger partial charge is 0.370 e. The number of carbonyl (C=O) groups is 1. The minimum absolute atomic E-state index is 0.00352. The zero-order valence-corrected chi connectivity index (χ0v) is 7.05. The fourth-order valence-corrected chi connectivity index (χ4v) is 0.496. The summed E-state index contributed by atoms with van der Waals surface area (Å²) in [6, 6.07) is 0. The average Bonchev–Trinajstić information content (AvgIpc) is 1.87. The molecule has 0 aromatic carbocycles. The number of rotatable bonds is 3. The van der Waals surface area contributed by atoms with E-state index in [9.17, 15) is 4.79 Å². The van der Waals surface area contributed by atoms with Crippen molar-refractivity contribution in [3.05, 3.63) is 0 Å². The highest BCUT2D eigenvalue weighted by Crippen LogP contribution is 2.10. The van der Waals surface area contributed by atoms with Crippen molar-refractivity contribution < 1.29 is 9.45 Å². The molecule has 0 N–H and O–H groups in total. The van der Waals surface area contributed by atoms with Crippen molar-refractivity contribution in [2.75, 3.05) is 0 Å². The lowest BCUT2D eigenvalue weighted by Crippen LogP contribution is -2.20. The third-order valence-electron chi connectivity index (χ3n) is 1.61. The molecule has 0 amide bonds. The van der Waals surface area contributed by atoms with Gasteiger partial charge in [0.1, 0.15) is 0 Å². The van der Waals surface area contributed by atoms with Crippen LogP contribution in [0.15, 0.2) is 0 Å². The Labute approximate surface area is 63.2 Å². The minimum atomic E-state index is -0.141. The van der Waals surface area contributed by atoms with E-state index in [1.165, 1.54) is 7.48 Å². The summed E-state index contributed by atoms with van der Waals surface area (Å²) in [6.45, 7) is 7.57. The molecular formula is C7H14BO2. The van der Waals surface area contributed by atoms with Crippen molar-refractivity contribution in [1.82, 2.24) is 0 Å². The molecule has 0 aromatic heterocycles. The standard InChI is InChI=1S/C7H14BO2/c1-5(2)6(3)7(9)10-8-4/h5-6H,1-4H3. The molecule has 1 radical (unpaired) electrons. The third-order valence-corrected chi connectivity index (χ3v) is 1.61. The first kappa shape index (κ1) is 9.53. The van der Waals surface area contributed by atoms with Gasteiger partial charge in [0, 0.05) is 0 Å². The SMILES string of the molecule is C[B]OC(=O)C(C)C(C)C. The van der Waals surface area contributed by atoms with Crippen LogP contribution in [-0.2, 0) is 9.45 Å². The lowest BCUT2D eigenvalue weighted by atomic mass is 9.97. The minimum Gasteiger partial charge on any atom is -0.539 e. The molecule has 1 atom stereocenters. The van der Waals surface area contributed by atoms with E-state index in [1.807, 2.05) is 20.8 Å². The monoisotopic (exact) mass is 141 g/mol. The molecule has 1 unspecified atom stereocenters. The predicted octanol–water partition coefficient (Wildman–Crippen LogP) is 1.49. The summed E-state index contributed by atoms with van der Waals surface area (Å²) in [4.78, 5) is 10.9. The normalized spacial score (nSPS) is 12.9. The van der Waals surface area contributed by atoms with Crippen LogP contribution in [0.3, 0.4) is 0 Å². The largest absolute Gasteiger partial charge is 0.539 e. The van der Waals surface area contributed by atoms with Gasteiger partial charge in [0.15, 0.2) is 0 Å². The second kappa shape index (κ2) is 4.37. The third kappa shape index (κ3) is 2.90. The highest BCUT2D eigenvalue weighted by molar-refractivity contribution is 6.28. The van der Waals surface area contributed by atoms with E-state index >= 15 is 0 Å². The van der Waals surface area contributed by atoms with Gasteiger partial charge in [-0.05, 0) is 5.92 Å². The van der Waals surface area contributed by atoms with Gasteiger partial charge >= 0.3 is 7.48 Å². The molecule has 3 heteroatoms. The summed E-state index contributed by atoms with van der Waals surface area (Å²) in [5.74, 6) is 0.209. The van der Waals surface area contributed by atoms with E-state index in [0.29, 0.717) is 5.92 Å². The fourth-order valence-electron chi connectivity index (χ4n) is 0.496. The molecule has 2 nitrogen and oxygen atoms in total. The Kier molecular flexibility index (Phi) is 4.16. The predicted molar refractivity (Wildman–Crippen MR) is 41.7 cm³/mol. The van der Waals surface area contributed by atoms with Gasteiger partial charge < -0.3 is 4.65 Å². The number of carbonyl (C=O) groups excluding carboxylic acids is 1. The molecule has 57 valence electrons. The van der Waals surface area contributed by atoms with E-state index < -0.39 is 0 Å². The summed E-state index contributed by atoms with van der Waals surface area (Å²) in [6.07, 6.45) is 0. The molecule has 0 aliphatic rings. The Hall–Kier alpha value is -0.465. The lowest BCUT2D eigenvalue weighted by molar-refractivity contribution is -0.139. The maximum atomic E-state index is 10.9. The van der Waals surface area contributed by atoms with Crippen LogP contribution in [0.2, 0.25) is 6.82 Å². The van der Waals surface area contributed by atoms with Crippen LogP contribution >= 0.6 is 0 Å². The first-order valence-electron chi connectivity index (χ1n) is 3.58. The van der Waals surface area contributed by atoms with Gasteiger partial charge in [0.2, 0.25) is 0 Å². The van der Waals surface area contributed by atoms with Crippen LogP contribution < -0.4 is 0 Å². The van der Waals surface area contributed by atoms with Crippen molar-refractivity contribution in [1.29, 1.82) is 0 Å². The van der Waals surface area contributed by atoms with Crippen LogP contribution in [0.25, 0.3) is 0 Å². The second-order valence-corrected chi connectivity index (χ2v) is 2.71. The summed E-state index contributed by atoms with van der Waals surface area (Å²) in [5, 5.41) is 0. The van der Waals surface area contributed by atoms with Gasteiger partial charge in [-0.25, -0.2) is 0 Å². The molecule has 0 aliphatic heterocycles. The topological polar surface area (TPSA) is 26.3 Å². The Bertz CT molecular complexity index is 112. The molecule has 0 rings (SSSR count). The molecule has 0 saturated carbocycles. The first-order chi connectivity index (χ1) is 4.59. The Morgan fingerprint density at radius 1 is 1.40 bits per heavy atom. The Morgan fingerprint density at radius 3 is 2.20 bits per heavy atom. The van der Waals surface area contributed by atoms with E-state index in [1.54, 1.807) is 6.82 Å². The maximum Gasteiger partial charge on any atom is 0.370 e. The van der Waals surface area contributed by atoms with Crippen molar-refractivity contribution in [3.63, 3.8) is 0 Å². The van der Waals surface area contributed by atoms with Crippen LogP contribution in [0.4, 0.5) is 0 Å². The van der Waals surface area contributed by atoms with E-state index in [-0.39, 0.29) is 11.9 Å². The van der Waals surface area contributed by atoms with Crippen molar-refractivity contribution in [2.45, 2.75) is 27.6 Å². The van der Waals surface area contributed by atoms with Crippen molar-refractivity contribution in [3.8, 4) is 0 Å². The molecular weight excluding hydrogens is 127 g/mol. The van der Waals surface area contributed by atoms with Gasteiger partial charge in [-0.15, -0.1) is 0 Å². The Balaban J connectivity index is 3.71. The fraction of sp³-hybridized carbons (Fsp3) is 0.857. The van der Waals surface area contributed by atoms with Crippen LogP contribution in [0.5, 0.6) is 0 Å². The molecule has 0 saturated heterocycles. The van der Waals surface area contributed by atoms with E-state index in [0.717, 1.165) is 0 Å². The van der Waals surface area contributed by atoms with E-state index in [2.05, 4.69) is 0 Å². The van der Waals surface area contributed by atoms with Crippen LogP contribution in [0.1, 0.15) is 20.8 Å². The van der Waals surface area contributed by atoms with Crippen LogP contribution in [-0.4, -0.2) is 13.5 Å². The first-order valence-corrected chi connectivity index (χ1v) is 3.58. The van der Waals surface area contributed by atoms with Crippen LogP contribution in [0, 0.1) is 11.8 Å².